The fourth-order valence-electron chi connectivity index (χ4n) is 6.72. The maximum Gasteiger partial charge on any atom is 0.342 e. The van der Waals surface area contributed by atoms with Crippen molar-refractivity contribution in [2.45, 2.75) is 58.9 Å². The Kier molecular flexibility index (Phi) is 11.5. The summed E-state index contributed by atoms with van der Waals surface area (Å²) in [5.74, 6) is 1.09. The van der Waals surface area contributed by atoms with Crippen LogP contribution < -0.4 is 10.5 Å². The van der Waals surface area contributed by atoms with Gasteiger partial charge in [0, 0.05) is 56.4 Å². The van der Waals surface area contributed by atoms with E-state index in [1.54, 1.807) is 0 Å². The number of para-hydroxylation sites is 1. The molecule has 0 spiro atoms. The van der Waals surface area contributed by atoms with E-state index in [1.165, 1.54) is 22.3 Å². The van der Waals surface area contributed by atoms with Crippen LogP contribution in [0.25, 0.3) is 0 Å². The van der Waals surface area contributed by atoms with Gasteiger partial charge in [0.1, 0.15) is 5.75 Å². The summed E-state index contributed by atoms with van der Waals surface area (Å²) in [4.78, 5) is 40.4. The molecule has 9 nitrogen and oxygen atoms in total. The number of piperazine rings is 1. The lowest BCUT2D eigenvalue weighted by molar-refractivity contribution is -0.134. The zero-order valence-corrected chi connectivity index (χ0v) is 28.7. The number of amidine groups is 1. The highest BCUT2D eigenvalue weighted by atomic mass is 79.9. The molecule has 3 amide bonds. The third-order valence-corrected chi connectivity index (χ3v) is 9.46. The minimum atomic E-state index is -0.790. The number of halogens is 1. The molecule has 1 aromatic heterocycles. The first-order valence-electron chi connectivity index (χ1n) is 16.5. The van der Waals surface area contributed by atoms with Crippen molar-refractivity contribution in [1.82, 2.24) is 19.7 Å². The molecule has 46 heavy (non-hydrogen) atoms. The number of hydrogen-bond donors (Lipinski definition) is 1. The van der Waals surface area contributed by atoms with E-state index in [2.05, 4.69) is 57.0 Å². The number of benzene rings is 2. The molecule has 2 saturated heterocycles. The van der Waals surface area contributed by atoms with Crippen molar-refractivity contribution in [1.29, 1.82) is 0 Å². The number of pyridine rings is 1. The molecule has 2 fully saturated rings. The lowest BCUT2D eigenvalue weighted by atomic mass is 9.92. The van der Waals surface area contributed by atoms with Crippen LogP contribution in [0.4, 0.5) is 4.79 Å². The van der Waals surface area contributed by atoms with Gasteiger partial charge in [-0.15, -0.1) is 4.99 Å². The van der Waals surface area contributed by atoms with E-state index in [9.17, 15) is 9.59 Å². The Hall–Kier alpha value is -3.76. The number of piperidine rings is 1. The van der Waals surface area contributed by atoms with Gasteiger partial charge < -0.3 is 20.3 Å². The number of aryl methyl sites for hydroxylation is 3. The molecule has 244 valence electrons. The average molecular weight is 690 g/mol. The number of carbonyl (C=O) groups is 2. The highest BCUT2D eigenvalue weighted by molar-refractivity contribution is 9.10. The number of primary amides is 1. The summed E-state index contributed by atoms with van der Waals surface area (Å²) < 4.78 is 6.90. The normalized spacial score (nSPS) is 18.9. The summed E-state index contributed by atoms with van der Waals surface area (Å²) in [7, 11) is 0. The molecule has 3 heterocycles. The fourth-order valence-corrected chi connectivity index (χ4v) is 7.10. The first kappa shape index (κ1) is 33.6. The van der Waals surface area contributed by atoms with Crippen LogP contribution >= 0.6 is 15.9 Å². The molecule has 0 saturated carbocycles. The van der Waals surface area contributed by atoms with Crippen molar-refractivity contribution in [2.75, 3.05) is 39.3 Å². The molecule has 6 rings (SSSR count). The SMILES string of the molecule is CC.Cc1ccc2c(c1)CCc1cc(Br)cnc1C2N1CCN(C(=O)CC2CCN(/C(=N\C(N)=O)Oc3ccccc3)CC2)CC1. The van der Waals surface area contributed by atoms with Crippen LogP contribution in [0.15, 0.2) is 70.3 Å². The van der Waals surface area contributed by atoms with Crippen molar-refractivity contribution in [3.8, 4) is 5.75 Å². The van der Waals surface area contributed by atoms with Gasteiger partial charge in [0.15, 0.2) is 0 Å². The highest BCUT2D eigenvalue weighted by Crippen LogP contribution is 2.37. The monoisotopic (exact) mass is 688 g/mol. The number of likely N-dealkylation sites (tertiary alicyclic amines) is 1. The Morgan fingerprint density at radius 2 is 1.63 bits per heavy atom. The molecule has 2 aliphatic heterocycles. The summed E-state index contributed by atoms with van der Waals surface area (Å²) in [5.41, 5.74) is 11.8. The van der Waals surface area contributed by atoms with E-state index in [0.29, 0.717) is 38.3 Å². The van der Waals surface area contributed by atoms with Crippen LogP contribution in [0.1, 0.15) is 67.1 Å². The number of amides is 3. The number of rotatable bonds is 4. The number of aromatic nitrogens is 1. The molecular weight excluding hydrogens is 644 g/mol. The Morgan fingerprint density at radius 3 is 2.33 bits per heavy atom. The Balaban J connectivity index is 0.00000204. The van der Waals surface area contributed by atoms with E-state index < -0.39 is 6.03 Å². The highest BCUT2D eigenvalue weighted by Gasteiger charge is 2.34. The lowest BCUT2D eigenvalue weighted by Crippen LogP contribution is -2.50. The minimum absolute atomic E-state index is 0.0900. The molecule has 1 atom stereocenters. The van der Waals surface area contributed by atoms with Crippen LogP contribution in [-0.2, 0) is 17.6 Å². The number of ether oxygens (including phenoxy) is 1. The summed E-state index contributed by atoms with van der Waals surface area (Å²) >= 11 is 3.62. The predicted octanol–water partition coefficient (Wildman–Crippen LogP) is 6.13. The Morgan fingerprint density at radius 1 is 0.935 bits per heavy atom. The quantitative estimate of drug-likeness (QED) is 0.261. The van der Waals surface area contributed by atoms with Crippen LogP contribution in [0.2, 0.25) is 0 Å². The number of urea groups is 1. The summed E-state index contributed by atoms with van der Waals surface area (Å²) in [6.07, 6.45) is 6.05. The molecule has 3 aliphatic rings. The molecule has 1 aliphatic carbocycles. The minimum Gasteiger partial charge on any atom is -0.426 e. The molecule has 2 N–H and O–H groups in total. The van der Waals surface area contributed by atoms with Gasteiger partial charge in [-0.3, -0.25) is 14.7 Å². The second-order valence-electron chi connectivity index (χ2n) is 12.0. The molecule has 3 aromatic rings. The second kappa shape index (κ2) is 15.7. The van der Waals surface area contributed by atoms with Crippen molar-refractivity contribution >= 4 is 33.9 Å². The molecule has 2 aromatic carbocycles. The van der Waals surface area contributed by atoms with E-state index >= 15 is 0 Å². The van der Waals surface area contributed by atoms with E-state index in [4.69, 9.17) is 15.5 Å². The number of nitrogens with zero attached hydrogens (tertiary/aromatic N) is 5. The van der Waals surface area contributed by atoms with Crippen LogP contribution in [0.5, 0.6) is 5.75 Å². The molecule has 0 radical (unpaired) electrons. The largest absolute Gasteiger partial charge is 0.426 e. The van der Waals surface area contributed by atoms with E-state index in [0.717, 1.165) is 48.9 Å². The number of hydrogen-bond acceptors (Lipinski definition) is 5. The van der Waals surface area contributed by atoms with E-state index in [1.807, 2.05) is 60.2 Å². The van der Waals surface area contributed by atoms with Crippen molar-refractivity contribution in [3.05, 3.63) is 93.2 Å². The maximum atomic E-state index is 13.4. The van der Waals surface area contributed by atoms with Gasteiger partial charge >= 0.3 is 12.1 Å². The summed E-state index contributed by atoms with van der Waals surface area (Å²) in [5, 5.41) is 0. The zero-order chi connectivity index (χ0) is 32.6. The van der Waals surface area contributed by atoms with E-state index in [-0.39, 0.29) is 23.9 Å². The number of carbonyl (C=O) groups excluding carboxylic acids is 2. The Bertz CT molecular complexity index is 1480. The molecule has 10 heteroatoms. The smallest absolute Gasteiger partial charge is 0.342 e. The van der Waals surface area contributed by atoms with Crippen LogP contribution in [-0.4, -0.2) is 76.9 Å². The van der Waals surface area contributed by atoms with Crippen LogP contribution in [0, 0.1) is 12.8 Å². The standard InChI is InChI=1S/C34H39BrN6O3.C2H6/c1-23-7-10-29-25(19-23)8-9-26-21-27(35)22-37-31(26)32(29)40-17-15-39(16-18-40)30(42)20-24-11-13-41(14-12-24)34(38-33(36)43)44-28-5-3-2-4-6-28;1-2/h2-7,10,19,21-22,24,32H,8-9,11-18,20H2,1H3,(H2,36,43);1-2H3/b38-34+;. The van der Waals surface area contributed by atoms with Gasteiger partial charge in [0.2, 0.25) is 5.91 Å². The van der Waals surface area contributed by atoms with Gasteiger partial charge in [-0.05, 0) is 89.3 Å². The molecule has 1 unspecified atom stereocenters. The van der Waals surface area contributed by atoms with Gasteiger partial charge in [0.05, 0.1) is 11.7 Å². The number of fused-ring (bicyclic) bond motifs is 2. The van der Waals surface area contributed by atoms with Gasteiger partial charge in [-0.25, -0.2) is 4.79 Å². The first-order valence-corrected chi connectivity index (χ1v) is 17.2. The number of nitrogens with two attached hydrogens (primary N) is 1. The topological polar surface area (TPSA) is 104 Å². The van der Waals surface area contributed by atoms with Gasteiger partial charge in [0.25, 0.3) is 0 Å². The fraction of sp³-hybridized carbons (Fsp3) is 0.444. The average Bonchev–Trinajstić information content (AvgIpc) is 3.22. The van der Waals surface area contributed by atoms with Gasteiger partial charge in [-0.1, -0.05) is 55.8 Å². The predicted molar refractivity (Wildman–Crippen MR) is 185 cm³/mol. The molecule has 0 bridgehead atoms. The van der Waals surface area contributed by atoms with Crippen molar-refractivity contribution < 1.29 is 14.3 Å². The summed E-state index contributed by atoms with van der Waals surface area (Å²) in [6, 6.07) is 17.8. The second-order valence-corrected chi connectivity index (χ2v) is 12.9. The summed E-state index contributed by atoms with van der Waals surface area (Å²) in [6.45, 7) is 10.5. The third-order valence-electron chi connectivity index (χ3n) is 9.02. The van der Waals surface area contributed by atoms with Crippen molar-refractivity contribution in [2.24, 2.45) is 16.6 Å². The molecular formula is C36H45BrN6O3. The van der Waals surface area contributed by atoms with Crippen molar-refractivity contribution in [3.63, 3.8) is 0 Å². The van der Waals surface area contributed by atoms with Gasteiger partial charge in [-0.2, -0.15) is 0 Å². The Labute approximate surface area is 281 Å². The lowest BCUT2D eigenvalue weighted by Gasteiger charge is -2.40. The number of aliphatic imine (C=N–C) groups is 1. The maximum absolute atomic E-state index is 13.4. The van der Waals surface area contributed by atoms with Crippen LogP contribution in [0.3, 0.4) is 0 Å². The first-order chi connectivity index (χ1) is 22.3. The third kappa shape index (κ3) is 8.14. The zero-order valence-electron chi connectivity index (χ0n) is 27.1.